The summed E-state index contributed by atoms with van der Waals surface area (Å²) >= 11 is 1.03. The van der Waals surface area contributed by atoms with E-state index in [0.29, 0.717) is 22.7 Å². The van der Waals surface area contributed by atoms with E-state index in [-0.39, 0.29) is 17.8 Å². The van der Waals surface area contributed by atoms with Crippen molar-refractivity contribution < 1.29 is 13.9 Å². The summed E-state index contributed by atoms with van der Waals surface area (Å²) in [7, 11) is 0. The van der Waals surface area contributed by atoms with Crippen LogP contribution in [0.4, 0.5) is 4.39 Å². The van der Waals surface area contributed by atoms with E-state index in [1.165, 1.54) is 12.1 Å². The summed E-state index contributed by atoms with van der Waals surface area (Å²) in [6.07, 6.45) is 2.08. The number of hydrogen-bond donors (Lipinski definition) is 1. The first-order chi connectivity index (χ1) is 10.2. The lowest BCUT2D eigenvalue weighted by molar-refractivity contribution is 0.0861. The van der Waals surface area contributed by atoms with Crippen molar-refractivity contribution in [3.8, 4) is 11.3 Å². The second kappa shape index (κ2) is 6.28. The summed E-state index contributed by atoms with van der Waals surface area (Å²) in [6.45, 7) is 1.24. The number of rotatable bonds is 4. The van der Waals surface area contributed by atoms with Crippen molar-refractivity contribution in [3.05, 3.63) is 35.0 Å². The zero-order chi connectivity index (χ0) is 14.7. The van der Waals surface area contributed by atoms with Crippen LogP contribution in [0.3, 0.4) is 0 Å². The smallest absolute Gasteiger partial charge is 0.265 e. The van der Waals surface area contributed by atoms with Gasteiger partial charge in [-0.25, -0.2) is 4.39 Å². The van der Waals surface area contributed by atoms with Crippen LogP contribution < -0.4 is 5.32 Å². The van der Waals surface area contributed by atoms with Crippen LogP contribution in [-0.4, -0.2) is 34.7 Å². The average Bonchev–Trinajstić information content (AvgIpc) is 3.17. The Morgan fingerprint density at radius 1 is 1.43 bits per heavy atom. The molecule has 2 aromatic rings. The van der Waals surface area contributed by atoms with Gasteiger partial charge in [0.1, 0.15) is 16.4 Å². The zero-order valence-corrected chi connectivity index (χ0v) is 12.0. The van der Waals surface area contributed by atoms with E-state index in [4.69, 9.17) is 4.74 Å². The molecule has 0 aliphatic carbocycles. The van der Waals surface area contributed by atoms with Gasteiger partial charge in [-0.2, -0.15) is 0 Å². The molecular weight excluding hydrogens is 293 g/mol. The van der Waals surface area contributed by atoms with E-state index in [1.807, 2.05) is 0 Å². The largest absolute Gasteiger partial charge is 0.376 e. The minimum absolute atomic E-state index is 0.0871. The van der Waals surface area contributed by atoms with Gasteiger partial charge in [-0.05, 0) is 48.6 Å². The summed E-state index contributed by atoms with van der Waals surface area (Å²) in [6, 6.07) is 5.84. The highest BCUT2D eigenvalue weighted by atomic mass is 32.1. The number of halogens is 1. The van der Waals surface area contributed by atoms with Crippen LogP contribution in [0.1, 0.15) is 22.5 Å². The van der Waals surface area contributed by atoms with Gasteiger partial charge in [0.05, 0.1) is 6.10 Å². The van der Waals surface area contributed by atoms with Crippen molar-refractivity contribution in [3.63, 3.8) is 0 Å². The highest BCUT2D eigenvalue weighted by Gasteiger charge is 2.20. The molecule has 1 aliphatic heterocycles. The molecule has 7 heteroatoms. The number of amides is 1. The molecule has 110 valence electrons. The third-order valence-electron chi connectivity index (χ3n) is 3.33. The molecule has 1 fully saturated rings. The summed E-state index contributed by atoms with van der Waals surface area (Å²) < 4.78 is 22.2. The van der Waals surface area contributed by atoms with Gasteiger partial charge in [0.15, 0.2) is 0 Å². The van der Waals surface area contributed by atoms with Crippen molar-refractivity contribution in [2.75, 3.05) is 13.2 Å². The molecule has 0 spiro atoms. The molecule has 1 aliphatic rings. The zero-order valence-electron chi connectivity index (χ0n) is 11.2. The number of ether oxygens (including phenoxy) is 1. The second-order valence-corrected chi connectivity index (χ2v) is 5.56. The Bertz CT molecular complexity index is 623. The normalized spacial score (nSPS) is 17.9. The molecule has 1 aromatic heterocycles. The Labute approximate surface area is 125 Å². The highest BCUT2D eigenvalue weighted by Crippen LogP contribution is 2.24. The fourth-order valence-corrected chi connectivity index (χ4v) is 2.83. The van der Waals surface area contributed by atoms with Gasteiger partial charge in [-0.1, -0.05) is 4.49 Å². The van der Waals surface area contributed by atoms with Crippen LogP contribution in [0.25, 0.3) is 11.3 Å². The van der Waals surface area contributed by atoms with E-state index < -0.39 is 0 Å². The molecule has 1 atom stereocenters. The Hall–Kier alpha value is -1.86. The molecule has 3 rings (SSSR count). The number of nitrogens with one attached hydrogen (secondary N) is 1. The lowest BCUT2D eigenvalue weighted by Gasteiger charge is -2.10. The second-order valence-electron chi connectivity index (χ2n) is 4.80. The molecule has 0 bridgehead atoms. The lowest BCUT2D eigenvalue weighted by atomic mass is 10.1. The first-order valence-corrected chi connectivity index (χ1v) is 7.49. The van der Waals surface area contributed by atoms with Crippen molar-refractivity contribution >= 4 is 17.4 Å². The summed E-state index contributed by atoms with van der Waals surface area (Å²) in [5.41, 5.74) is 1.15. The fourth-order valence-electron chi connectivity index (χ4n) is 2.23. The van der Waals surface area contributed by atoms with Gasteiger partial charge >= 0.3 is 0 Å². The Morgan fingerprint density at radius 2 is 2.24 bits per heavy atom. The van der Waals surface area contributed by atoms with E-state index in [9.17, 15) is 9.18 Å². The Kier molecular flexibility index (Phi) is 4.21. The van der Waals surface area contributed by atoms with Gasteiger partial charge in [0, 0.05) is 18.7 Å². The monoisotopic (exact) mass is 307 g/mol. The molecule has 2 heterocycles. The number of nitrogens with zero attached hydrogens (tertiary/aromatic N) is 2. The van der Waals surface area contributed by atoms with Crippen molar-refractivity contribution in [1.82, 2.24) is 14.9 Å². The summed E-state index contributed by atoms with van der Waals surface area (Å²) in [5, 5.41) is 6.81. The van der Waals surface area contributed by atoms with Crippen LogP contribution in [0.15, 0.2) is 24.3 Å². The number of benzene rings is 1. The number of carbonyl (C=O) groups is 1. The lowest BCUT2D eigenvalue weighted by Crippen LogP contribution is -2.31. The molecular formula is C14H14FN3O2S. The minimum Gasteiger partial charge on any atom is -0.376 e. The third kappa shape index (κ3) is 3.25. The standard InChI is InChI=1S/C14H14FN3O2S/c15-10-5-3-9(4-6-10)12-13(21-18-17-12)14(19)16-8-11-2-1-7-20-11/h3-6,11H,1-2,7-8H2,(H,16,19)/t11-/m1/s1. The SMILES string of the molecule is O=C(NC[C@H]1CCCO1)c1snnc1-c1ccc(F)cc1. The van der Waals surface area contributed by atoms with Gasteiger partial charge in [0.2, 0.25) is 0 Å². The molecule has 0 radical (unpaired) electrons. The predicted molar refractivity (Wildman–Crippen MR) is 76.6 cm³/mol. The molecule has 1 saturated heterocycles. The van der Waals surface area contributed by atoms with Crippen LogP contribution >= 0.6 is 11.5 Å². The van der Waals surface area contributed by atoms with E-state index >= 15 is 0 Å². The molecule has 1 aromatic carbocycles. The van der Waals surface area contributed by atoms with Crippen LogP contribution in [-0.2, 0) is 4.74 Å². The third-order valence-corrected chi connectivity index (χ3v) is 4.05. The van der Waals surface area contributed by atoms with Crippen LogP contribution in [0.5, 0.6) is 0 Å². The fraction of sp³-hybridized carbons (Fsp3) is 0.357. The van der Waals surface area contributed by atoms with Gasteiger partial charge in [-0.3, -0.25) is 4.79 Å². The maximum absolute atomic E-state index is 13.0. The molecule has 1 amide bonds. The van der Waals surface area contributed by atoms with Gasteiger partial charge in [-0.15, -0.1) is 5.10 Å². The topological polar surface area (TPSA) is 64.1 Å². The maximum Gasteiger partial charge on any atom is 0.265 e. The summed E-state index contributed by atoms with van der Waals surface area (Å²) in [4.78, 5) is 12.6. The molecule has 1 N–H and O–H groups in total. The first-order valence-electron chi connectivity index (χ1n) is 6.72. The first kappa shape index (κ1) is 14.1. The molecule has 21 heavy (non-hydrogen) atoms. The minimum atomic E-state index is -0.327. The molecule has 0 unspecified atom stereocenters. The van der Waals surface area contributed by atoms with Crippen molar-refractivity contribution in [1.29, 1.82) is 0 Å². The van der Waals surface area contributed by atoms with Crippen LogP contribution in [0.2, 0.25) is 0 Å². The van der Waals surface area contributed by atoms with Crippen LogP contribution in [0, 0.1) is 5.82 Å². The van der Waals surface area contributed by atoms with Crippen molar-refractivity contribution in [2.24, 2.45) is 0 Å². The van der Waals surface area contributed by atoms with Gasteiger partial charge in [0.25, 0.3) is 5.91 Å². The van der Waals surface area contributed by atoms with E-state index in [0.717, 1.165) is 31.0 Å². The number of carbonyl (C=O) groups excluding carboxylic acids is 1. The van der Waals surface area contributed by atoms with Crippen molar-refractivity contribution in [2.45, 2.75) is 18.9 Å². The predicted octanol–water partition coefficient (Wildman–Crippen LogP) is 2.25. The summed E-state index contributed by atoms with van der Waals surface area (Å²) in [5.74, 6) is -0.550. The van der Waals surface area contributed by atoms with E-state index in [2.05, 4.69) is 14.9 Å². The highest BCUT2D eigenvalue weighted by molar-refractivity contribution is 7.08. The van der Waals surface area contributed by atoms with Gasteiger partial charge < -0.3 is 10.1 Å². The Morgan fingerprint density at radius 3 is 2.95 bits per heavy atom. The molecule has 5 nitrogen and oxygen atoms in total. The molecule has 0 saturated carbocycles. The maximum atomic E-state index is 13.0. The Balaban J connectivity index is 1.72. The van der Waals surface area contributed by atoms with E-state index in [1.54, 1.807) is 12.1 Å². The number of aromatic nitrogens is 2. The average molecular weight is 307 g/mol. The quantitative estimate of drug-likeness (QED) is 0.941. The number of hydrogen-bond acceptors (Lipinski definition) is 5.